The van der Waals surface area contributed by atoms with E-state index in [4.69, 9.17) is 10.5 Å². The zero-order valence-corrected chi connectivity index (χ0v) is 11.8. The maximum absolute atomic E-state index is 5.63. The van der Waals surface area contributed by atoms with Crippen LogP contribution in [0.15, 0.2) is 0 Å². The molecule has 0 aromatic carbocycles. The van der Waals surface area contributed by atoms with Gasteiger partial charge in [-0.15, -0.1) is 0 Å². The molecule has 2 aliphatic rings. The highest BCUT2D eigenvalue weighted by Gasteiger charge is 2.21. The maximum atomic E-state index is 5.63. The van der Waals surface area contributed by atoms with Crippen molar-refractivity contribution in [3.05, 3.63) is 0 Å². The molecule has 0 aliphatic carbocycles. The van der Waals surface area contributed by atoms with Crippen molar-refractivity contribution >= 4 is 0 Å². The van der Waals surface area contributed by atoms with E-state index in [1.807, 2.05) is 0 Å². The number of rotatable bonds is 7. The molecule has 2 heterocycles. The summed E-state index contributed by atoms with van der Waals surface area (Å²) in [6.45, 7) is 6.78. The van der Waals surface area contributed by atoms with E-state index in [1.165, 1.54) is 64.6 Å². The minimum Gasteiger partial charge on any atom is -0.381 e. The van der Waals surface area contributed by atoms with Crippen LogP contribution in [0.25, 0.3) is 0 Å². The second kappa shape index (κ2) is 8.13. The molecule has 2 aliphatic heterocycles. The lowest BCUT2D eigenvalue weighted by molar-refractivity contribution is 0.0629. The predicted octanol–water partition coefficient (Wildman–Crippen LogP) is 2.25. The molecule has 0 saturated carbocycles. The fraction of sp³-hybridized carbons (Fsp3) is 1.00. The lowest BCUT2D eigenvalue weighted by Gasteiger charge is -2.22. The zero-order valence-electron chi connectivity index (χ0n) is 11.8. The molecule has 0 aromatic rings. The lowest BCUT2D eigenvalue weighted by Crippen LogP contribution is -2.23. The largest absolute Gasteiger partial charge is 0.381 e. The smallest absolute Gasteiger partial charge is 0.0468 e. The summed E-state index contributed by atoms with van der Waals surface area (Å²) in [6, 6.07) is 0. The molecule has 2 fully saturated rings. The summed E-state index contributed by atoms with van der Waals surface area (Å²) >= 11 is 0. The van der Waals surface area contributed by atoms with Gasteiger partial charge < -0.3 is 15.4 Å². The summed E-state index contributed by atoms with van der Waals surface area (Å²) in [7, 11) is 0. The molecule has 0 radical (unpaired) electrons. The van der Waals surface area contributed by atoms with Gasteiger partial charge in [0.15, 0.2) is 0 Å². The van der Waals surface area contributed by atoms with Gasteiger partial charge >= 0.3 is 0 Å². The normalized spacial score (nSPS) is 26.8. The van der Waals surface area contributed by atoms with E-state index < -0.39 is 0 Å². The highest BCUT2D eigenvalue weighted by molar-refractivity contribution is 4.75. The van der Waals surface area contributed by atoms with Crippen molar-refractivity contribution in [1.29, 1.82) is 0 Å². The standard InChI is InChI=1S/C15H30N2O/c16-8-4-15-5-10-17(13-15)9-2-1-3-14-6-11-18-12-7-14/h14-15H,1-13,16H2. The Morgan fingerprint density at radius 2 is 1.83 bits per heavy atom. The summed E-state index contributed by atoms with van der Waals surface area (Å²) in [4.78, 5) is 2.64. The minimum absolute atomic E-state index is 0.863. The molecule has 3 heteroatoms. The van der Waals surface area contributed by atoms with Crippen molar-refractivity contribution in [2.75, 3.05) is 39.4 Å². The quantitative estimate of drug-likeness (QED) is 0.708. The number of unbranched alkanes of at least 4 members (excludes halogenated alkanes) is 1. The first-order valence-electron chi connectivity index (χ1n) is 7.88. The first-order valence-corrected chi connectivity index (χ1v) is 7.88. The Labute approximate surface area is 112 Å². The molecule has 106 valence electrons. The van der Waals surface area contributed by atoms with Gasteiger partial charge in [0.1, 0.15) is 0 Å². The van der Waals surface area contributed by atoms with E-state index in [-0.39, 0.29) is 0 Å². The van der Waals surface area contributed by atoms with Crippen molar-refractivity contribution in [3.8, 4) is 0 Å². The maximum Gasteiger partial charge on any atom is 0.0468 e. The average molecular weight is 254 g/mol. The summed E-state index contributed by atoms with van der Waals surface area (Å²) in [5.74, 6) is 1.83. The molecule has 0 aromatic heterocycles. The van der Waals surface area contributed by atoms with Crippen molar-refractivity contribution in [1.82, 2.24) is 4.90 Å². The van der Waals surface area contributed by atoms with Crippen LogP contribution in [0.5, 0.6) is 0 Å². The Hall–Kier alpha value is -0.120. The van der Waals surface area contributed by atoms with E-state index in [1.54, 1.807) is 0 Å². The van der Waals surface area contributed by atoms with Crippen LogP contribution in [0.1, 0.15) is 44.9 Å². The van der Waals surface area contributed by atoms with Gasteiger partial charge in [-0.3, -0.25) is 0 Å². The molecule has 2 saturated heterocycles. The third kappa shape index (κ3) is 4.87. The highest BCUT2D eigenvalue weighted by atomic mass is 16.5. The monoisotopic (exact) mass is 254 g/mol. The van der Waals surface area contributed by atoms with Gasteiger partial charge in [0, 0.05) is 19.8 Å². The van der Waals surface area contributed by atoms with Crippen LogP contribution < -0.4 is 5.73 Å². The Morgan fingerprint density at radius 1 is 1.00 bits per heavy atom. The molecule has 1 unspecified atom stereocenters. The Morgan fingerprint density at radius 3 is 2.61 bits per heavy atom. The molecule has 2 rings (SSSR count). The van der Waals surface area contributed by atoms with Gasteiger partial charge in [-0.1, -0.05) is 12.8 Å². The SMILES string of the molecule is NCCC1CCN(CCCCC2CCOCC2)C1. The van der Waals surface area contributed by atoms with Gasteiger partial charge in [-0.05, 0) is 63.6 Å². The zero-order chi connectivity index (χ0) is 12.6. The Kier molecular flexibility index (Phi) is 6.46. The molecular formula is C15H30N2O. The van der Waals surface area contributed by atoms with Gasteiger partial charge in [-0.2, -0.15) is 0 Å². The molecule has 18 heavy (non-hydrogen) atoms. The first kappa shape index (κ1) is 14.3. The van der Waals surface area contributed by atoms with E-state index >= 15 is 0 Å². The predicted molar refractivity (Wildman–Crippen MR) is 75.6 cm³/mol. The Bertz CT molecular complexity index is 217. The number of hydrogen-bond donors (Lipinski definition) is 1. The molecule has 0 amide bonds. The van der Waals surface area contributed by atoms with Crippen molar-refractivity contribution in [3.63, 3.8) is 0 Å². The number of hydrogen-bond acceptors (Lipinski definition) is 3. The van der Waals surface area contributed by atoms with E-state index in [0.29, 0.717) is 0 Å². The fourth-order valence-electron chi connectivity index (χ4n) is 3.39. The lowest BCUT2D eigenvalue weighted by atomic mass is 9.94. The summed E-state index contributed by atoms with van der Waals surface area (Å²) in [6.07, 6.45) is 9.39. The molecule has 0 spiro atoms. The first-order chi connectivity index (χ1) is 8.88. The van der Waals surface area contributed by atoms with E-state index in [9.17, 15) is 0 Å². The van der Waals surface area contributed by atoms with Crippen LogP contribution in [0.4, 0.5) is 0 Å². The van der Waals surface area contributed by atoms with Crippen LogP contribution in [0.3, 0.4) is 0 Å². The molecule has 2 N–H and O–H groups in total. The van der Waals surface area contributed by atoms with Crippen LogP contribution in [-0.4, -0.2) is 44.3 Å². The van der Waals surface area contributed by atoms with Crippen LogP contribution in [0, 0.1) is 11.8 Å². The third-order valence-electron chi connectivity index (χ3n) is 4.62. The number of nitrogens with zero attached hydrogens (tertiary/aromatic N) is 1. The third-order valence-corrected chi connectivity index (χ3v) is 4.62. The van der Waals surface area contributed by atoms with Gasteiger partial charge in [-0.25, -0.2) is 0 Å². The Balaban J connectivity index is 1.48. The highest BCUT2D eigenvalue weighted by Crippen LogP contribution is 2.22. The van der Waals surface area contributed by atoms with E-state index in [2.05, 4.69) is 4.90 Å². The minimum atomic E-state index is 0.863. The summed E-state index contributed by atoms with van der Waals surface area (Å²) in [5, 5.41) is 0. The molecule has 0 bridgehead atoms. The van der Waals surface area contributed by atoms with Gasteiger partial charge in [0.2, 0.25) is 0 Å². The second-order valence-electron chi connectivity index (χ2n) is 6.08. The van der Waals surface area contributed by atoms with E-state index in [0.717, 1.165) is 31.6 Å². The van der Waals surface area contributed by atoms with Crippen molar-refractivity contribution in [2.24, 2.45) is 17.6 Å². The van der Waals surface area contributed by atoms with Crippen LogP contribution >= 0.6 is 0 Å². The van der Waals surface area contributed by atoms with Crippen LogP contribution in [0.2, 0.25) is 0 Å². The summed E-state index contributed by atoms with van der Waals surface area (Å²) < 4.78 is 5.40. The number of ether oxygens (including phenoxy) is 1. The number of nitrogens with two attached hydrogens (primary N) is 1. The van der Waals surface area contributed by atoms with Crippen LogP contribution in [-0.2, 0) is 4.74 Å². The second-order valence-corrected chi connectivity index (χ2v) is 6.08. The van der Waals surface area contributed by atoms with Gasteiger partial charge in [0.25, 0.3) is 0 Å². The van der Waals surface area contributed by atoms with Crippen molar-refractivity contribution in [2.45, 2.75) is 44.9 Å². The van der Waals surface area contributed by atoms with Gasteiger partial charge in [0.05, 0.1) is 0 Å². The van der Waals surface area contributed by atoms with Crippen molar-refractivity contribution < 1.29 is 4.74 Å². The molecule has 3 nitrogen and oxygen atoms in total. The fourth-order valence-corrected chi connectivity index (χ4v) is 3.39. The molecular weight excluding hydrogens is 224 g/mol. The topological polar surface area (TPSA) is 38.5 Å². The molecule has 1 atom stereocenters. The number of likely N-dealkylation sites (tertiary alicyclic amines) is 1. The summed E-state index contributed by atoms with van der Waals surface area (Å²) in [5.41, 5.74) is 5.63. The average Bonchev–Trinajstić information content (AvgIpc) is 2.84.